The number of amides is 3. The van der Waals surface area contributed by atoms with Gasteiger partial charge in [0.2, 0.25) is 0 Å². The normalized spacial score (nSPS) is 16.6. The highest BCUT2D eigenvalue weighted by atomic mass is 16.5. The van der Waals surface area contributed by atoms with Gasteiger partial charge < -0.3 is 20.7 Å². The zero-order valence-corrected chi connectivity index (χ0v) is 14.9. The van der Waals surface area contributed by atoms with Crippen LogP contribution < -0.4 is 20.7 Å². The van der Waals surface area contributed by atoms with E-state index in [-0.39, 0.29) is 11.9 Å². The molecule has 3 rings (SSSR count). The number of carbonyl (C=O) groups excluding carboxylic acids is 2. The van der Waals surface area contributed by atoms with Crippen molar-refractivity contribution in [2.75, 3.05) is 12.4 Å². The van der Waals surface area contributed by atoms with Crippen LogP contribution in [0.2, 0.25) is 0 Å². The summed E-state index contributed by atoms with van der Waals surface area (Å²) in [6.45, 7) is 3.64. The number of hydrogen-bond acceptors (Lipinski definition) is 3. The molecule has 0 saturated carbocycles. The monoisotopic (exact) mass is 351 g/mol. The van der Waals surface area contributed by atoms with Gasteiger partial charge in [0.15, 0.2) is 0 Å². The van der Waals surface area contributed by atoms with Gasteiger partial charge in [-0.05, 0) is 31.5 Å². The predicted molar refractivity (Wildman–Crippen MR) is 99.9 cm³/mol. The van der Waals surface area contributed by atoms with Crippen LogP contribution in [0.15, 0.2) is 59.8 Å². The van der Waals surface area contributed by atoms with Crippen molar-refractivity contribution in [3.05, 3.63) is 70.9 Å². The summed E-state index contributed by atoms with van der Waals surface area (Å²) in [6.07, 6.45) is 0. The van der Waals surface area contributed by atoms with Crippen LogP contribution in [0.25, 0.3) is 0 Å². The van der Waals surface area contributed by atoms with Crippen LogP contribution in [-0.4, -0.2) is 19.0 Å². The summed E-state index contributed by atoms with van der Waals surface area (Å²) in [5, 5.41) is 8.43. The van der Waals surface area contributed by atoms with Gasteiger partial charge in [-0.2, -0.15) is 0 Å². The number of allylic oxidation sites excluding steroid dienone is 1. The Labute approximate surface area is 152 Å². The van der Waals surface area contributed by atoms with Crippen LogP contribution >= 0.6 is 0 Å². The maximum Gasteiger partial charge on any atom is 0.319 e. The largest absolute Gasteiger partial charge is 0.496 e. The van der Waals surface area contributed by atoms with Gasteiger partial charge in [-0.15, -0.1) is 0 Å². The highest BCUT2D eigenvalue weighted by molar-refractivity contribution is 6.07. The summed E-state index contributed by atoms with van der Waals surface area (Å²) < 4.78 is 5.41. The first kappa shape index (κ1) is 17.5. The van der Waals surface area contributed by atoms with Crippen molar-refractivity contribution in [3.63, 3.8) is 0 Å². The molecule has 0 radical (unpaired) electrons. The number of para-hydroxylation sites is 2. The van der Waals surface area contributed by atoms with Gasteiger partial charge in [0.25, 0.3) is 5.91 Å². The van der Waals surface area contributed by atoms with Gasteiger partial charge >= 0.3 is 6.03 Å². The average molecular weight is 351 g/mol. The van der Waals surface area contributed by atoms with Gasteiger partial charge in [-0.3, -0.25) is 4.79 Å². The van der Waals surface area contributed by atoms with E-state index in [0.717, 1.165) is 16.8 Å². The molecular formula is C20H21N3O3. The minimum absolute atomic E-state index is 0.278. The van der Waals surface area contributed by atoms with Gasteiger partial charge in [-0.25, -0.2) is 4.79 Å². The van der Waals surface area contributed by atoms with Crippen molar-refractivity contribution in [1.82, 2.24) is 10.6 Å². The Bertz CT molecular complexity index is 889. The number of rotatable bonds is 4. The third kappa shape index (κ3) is 3.39. The molecule has 1 aliphatic rings. The molecule has 0 spiro atoms. The second kappa shape index (κ2) is 7.31. The maximum absolute atomic E-state index is 13.0. The Hall–Kier alpha value is -3.28. The quantitative estimate of drug-likeness (QED) is 0.791. The van der Waals surface area contributed by atoms with Gasteiger partial charge in [0, 0.05) is 16.9 Å². The number of nitrogens with one attached hydrogen (secondary N) is 3. The Kier molecular flexibility index (Phi) is 4.93. The lowest BCUT2D eigenvalue weighted by molar-refractivity contribution is -0.113. The van der Waals surface area contributed by atoms with E-state index in [0.29, 0.717) is 17.0 Å². The molecule has 1 atom stereocenters. The second-order valence-corrected chi connectivity index (χ2v) is 6.08. The highest BCUT2D eigenvalue weighted by Gasteiger charge is 2.32. The van der Waals surface area contributed by atoms with E-state index < -0.39 is 6.04 Å². The zero-order chi connectivity index (χ0) is 18.7. The second-order valence-electron chi connectivity index (χ2n) is 6.08. The number of urea groups is 1. The molecule has 0 saturated heterocycles. The van der Waals surface area contributed by atoms with Crippen molar-refractivity contribution < 1.29 is 14.3 Å². The molecule has 2 aromatic carbocycles. The molecule has 3 N–H and O–H groups in total. The molecule has 1 heterocycles. The van der Waals surface area contributed by atoms with Crippen LogP contribution in [0, 0.1) is 6.92 Å². The van der Waals surface area contributed by atoms with Gasteiger partial charge in [-0.1, -0.05) is 36.4 Å². The predicted octanol–water partition coefficient (Wildman–Crippen LogP) is 3.27. The SMILES string of the molecule is COc1ccccc1[C@H]1NC(=O)NC(C)=C1C(=O)Nc1ccccc1C. The molecule has 26 heavy (non-hydrogen) atoms. The fourth-order valence-electron chi connectivity index (χ4n) is 3.04. The third-order valence-electron chi connectivity index (χ3n) is 4.36. The topological polar surface area (TPSA) is 79.5 Å². The van der Waals surface area contributed by atoms with E-state index in [1.165, 1.54) is 0 Å². The smallest absolute Gasteiger partial charge is 0.319 e. The fraction of sp³-hybridized carbons (Fsp3) is 0.200. The lowest BCUT2D eigenvalue weighted by Crippen LogP contribution is -2.46. The molecule has 6 heteroatoms. The van der Waals surface area contributed by atoms with E-state index in [1.807, 2.05) is 49.4 Å². The van der Waals surface area contributed by atoms with Crippen molar-refractivity contribution in [3.8, 4) is 5.75 Å². The van der Waals surface area contributed by atoms with Gasteiger partial charge in [0.1, 0.15) is 5.75 Å². The Balaban J connectivity index is 2.01. The van der Waals surface area contributed by atoms with E-state index in [4.69, 9.17) is 4.74 Å². The summed E-state index contributed by atoms with van der Waals surface area (Å²) in [5.74, 6) is 0.328. The lowest BCUT2D eigenvalue weighted by Gasteiger charge is -2.29. The summed E-state index contributed by atoms with van der Waals surface area (Å²) in [7, 11) is 1.56. The Morgan fingerprint density at radius 1 is 1.08 bits per heavy atom. The third-order valence-corrected chi connectivity index (χ3v) is 4.36. The highest BCUT2D eigenvalue weighted by Crippen LogP contribution is 2.33. The minimum atomic E-state index is -0.607. The molecule has 0 unspecified atom stereocenters. The number of ether oxygens (including phenoxy) is 1. The first-order valence-corrected chi connectivity index (χ1v) is 8.29. The standard InChI is InChI=1S/C20H21N3O3/c1-12-8-4-6-10-15(12)22-19(24)17-13(2)21-20(25)23-18(17)14-9-5-7-11-16(14)26-3/h4-11,18H,1-3H3,(H,22,24)(H2,21,23,25)/t18-/m1/s1. The molecule has 2 aromatic rings. The van der Waals surface area contributed by atoms with Crippen LogP contribution in [0.3, 0.4) is 0 Å². The number of carbonyl (C=O) groups is 2. The van der Waals surface area contributed by atoms with Crippen molar-refractivity contribution >= 4 is 17.6 Å². The molecule has 1 aliphatic heterocycles. The van der Waals surface area contributed by atoms with E-state index in [1.54, 1.807) is 20.1 Å². The number of methoxy groups -OCH3 is 1. The summed E-state index contributed by atoms with van der Waals surface area (Å²) in [4.78, 5) is 25.0. The molecular weight excluding hydrogens is 330 g/mol. The minimum Gasteiger partial charge on any atom is -0.496 e. The van der Waals surface area contributed by atoms with Crippen molar-refractivity contribution in [2.45, 2.75) is 19.9 Å². The molecule has 6 nitrogen and oxygen atoms in total. The number of aryl methyl sites for hydroxylation is 1. The van der Waals surface area contributed by atoms with Crippen LogP contribution in [0.1, 0.15) is 24.1 Å². The molecule has 0 fully saturated rings. The first-order valence-electron chi connectivity index (χ1n) is 8.29. The molecule has 3 amide bonds. The number of anilines is 1. The van der Waals surface area contributed by atoms with Crippen LogP contribution in [0.4, 0.5) is 10.5 Å². The van der Waals surface area contributed by atoms with Crippen LogP contribution in [0.5, 0.6) is 5.75 Å². The fourth-order valence-corrected chi connectivity index (χ4v) is 3.04. The van der Waals surface area contributed by atoms with E-state index >= 15 is 0 Å². The number of hydrogen-bond donors (Lipinski definition) is 3. The Morgan fingerprint density at radius 3 is 2.50 bits per heavy atom. The average Bonchev–Trinajstić information content (AvgIpc) is 2.62. The lowest BCUT2D eigenvalue weighted by atomic mass is 9.94. The zero-order valence-electron chi connectivity index (χ0n) is 14.9. The van der Waals surface area contributed by atoms with Gasteiger partial charge in [0.05, 0.1) is 18.7 Å². The van der Waals surface area contributed by atoms with E-state index in [2.05, 4.69) is 16.0 Å². The summed E-state index contributed by atoms with van der Waals surface area (Å²) in [6, 6.07) is 13.9. The number of benzene rings is 2. The van der Waals surface area contributed by atoms with Crippen molar-refractivity contribution in [2.24, 2.45) is 0 Å². The van der Waals surface area contributed by atoms with Crippen molar-refractivity contribution in [1.29, 1.82) is 0 Å². The summed E-state index contributed by atoms with van der Waals surface area (Å²) in [5.41, 5.74) is 3.36. The molecule has 134 valence electrons. The molecule has 0 aromatic heterocycles. The molecule has 0 bridgehead atoms. The van der Waals surface area contributed by atoms with Crippen LogP contribution in [-0.2, 0) is 4.79 Å². The first-order chi connectivity index (χ1) is 12.5. The summed E-state index contributed by atoms with van der Waals surface area (Å²) >= 11 is 0. The molecule has 0 aliphatic carbocycles. The Morgan fingerprint density at radius 2 is 1.77 bits per heavy atom. The maximum atomic E-state index is 13.0. The van der Waals surface area contributed by atoms with E-state index in [9.17, 15) is 9.59 Å².